The minimum Gasteiger partial charge on any atom is -0.478 e. The predicted molar refractivity (Wildman–Crippen MR) is 85.0 cm³/mol. The Morgan fingerprint density at radius 1 is 1.38 bits per heavy atom. The molecule has 0 aromatic heterocycles. The average molecular weight is 335 g/mol. The van der Waals surface area contributed by atoms with Crippen molar-refractivity contribution in [3.63, 3.8) is 0 Å². The van der Waals surface area contributed by atoms with Crippen LogP contribution in [0.4, 0.5) is 0 Å². The maximum Gasteiger partial charge on any atom is 0.349 e. The van der Waals surface area contributed by atoms with Gasteiger partial charge in [-0.15, -0.1) is 5.06 Å². The Morgan fingerprint density at radius 3 is 2.92 bits per heavy atom. The van der Waals surface area contributed by atoms with Gasteiger partial charge < -0.3 is 19.4 Å². The number of benzene rings is 1. The molecular weight excluding hydrogens is 314 g/mol. The van der Waals surface area contributed by atoms with E-state index in [1.54, 1.807) is 0 Å². The van der Waals surface area contributed by atoms with Gasteiger partial charge in [0.25, 0.3) is 0 Å². The molecule has 0 amide bonds. The SMILES string of the molecule is Cc1ccccc1COCC1CN(OC(=O)/C=C\C(=O)O)CCO1. The highest BCUT2D eigenvalue weighted by Gasteiger charge is 2.23. The zero-order valence-electron chi connectivity index (χ0n) is 13.5. The number of carboxylic acid groups (broad SMARTS) is 1. The van der Waals surface area contributed by atoms with Gasteiger partial charge in [0.15, 0.2) is 0 Å². The van der Waals surface area contributed by atoms with E-state index in [9.17, 15) is 9.59 Å². The molecule has 1 unspecified atom stereocenters. The summed E-state index contributed by atoms with van der Waals surface area (Å²) in [7, 11) is 0. The van der Waals surface area contributed by atoms with E-state index < -0.39 is 11.9 Å². The highest BCUT2D eigenvalue weighted by atomic mass is 16.7. The maximum atomic E-state index is 11.5. The summed E-state index contributed by atoms with van der Waals surface area (Å²) in [4.78, 5) is 26.9. The number of aryl methyl sites for hydroxylation is 1. The van der Waals surface area contributed by atoms with E-state index in [-0.39, 0.29) is 6.10 Å². The van der Waals surface area contributed by atoms with E-state index in [1.165, 1.54) is 10.6 Å². The van der Waals surface area contributed by atoms with Crippen molar-refractivity contribution in [3.8, 4) is 0 Å². The Balaban J connectivity index is 1.74. The summed E-state index contributed by atoms with van der Waals surface area (Å²) in [5, 5.41) is 9.93. The van der Waals surface area contributed by atoms with Crippen LogP contribution in [0.1, 0.15) is 11.1 Å². The topological polar surface area (TPSA) is 85.3 Å². The second-order valence-corrected chi connectivity index (χ2v) is 5.40. The Labute approximate surface area is 140 Å². The monoisotopic (exact) mass is 335 g/mol. The average Bonchev–Trinajstić information content (AvgIpc) is 2.55. The zero-order valence-corrected chi connectivity index (χ0v) is 13.5. The van der Waals surface area contributed by atoms with Gasteiger partial charge in [-0.25, -0.2) is 9.59 Å². The lowest BCUT2D eigenvalue weighted by atomic mass is 10.1. The molecule has 1 aromatic carbocycles. The maximum absolute atomic E-state index is 11.5. The lowest BCUT2D eigenvalue weighted by Crippen LogP contribution is -2.45. The Kier molecular flexibility index (Phi) is 6.92. The minimum absolute atomic E-state index is 0.209. The molecule has 130 valence electrons. The first-order chi connectivity index (χ1) is 11.5. The molecule has 1 saturated heterocycles. The van der Waals surface area contributed by atoms with E-state index in [0.29, 0.717) is 32.9 Å². The molecule has 7 heteroatoms. The fourth-order valence-electron chi connectivity index (χ4n) is 2.25. The molecule has 24 heavy (non-hydrogen) atoms. The first-order valence-corrected chi connectivity index (χ1v) is 7.66. The molecule has 7 nitrogen and oxygen atoms in total. The molecule has 1 aromatic rings. The van der Waals surface area contributed by atoms with Crippen LogP contribution in [0.5, 0.6) is 0 Å². The molecule has 0 saturated carbocycles. The van der Waals surface area contributed by atoms with Crippen LogP contribution < -0.4 is 0 Å². The van der Waals surface area contributed by atoms with Crippen LogP contribution in [0.25, 0.3) is 0 Å². The second-order valence-electron chi connectivity index (χ2n) is 5.40. The van der Waals surface area contributed by atoms with E-state index in [4.69, 9.17) is 19.4 Å². The smallest absolute Gasteiger partial charge is 0.349 e. The lowest BCUT2D eigenvalue weighted by Gasteiger charge is -2.30. The van der Waals surface area contributed by atoms with Crippen LogP contribution in [0, 0.1) is 6.92 Å². The van der Waals surface area contributed by atoms with Crippen LogP contribution in [0.3, 0.4) is 0 Å². The molecule has 0 bridgehead atoms. The normalized spacial score (nSPS) is 18.6. The highest BCUT2D eigenvalue weighted by Crippen LogP contribution is 2.11. The van der Waals surface area contributed by atoms with Crippen LogP contribution in [-0.4, -0.2) is 54.5 Å². The molecule has 0 radical (unpaired) electrons. The molecule has 0 aliphatic carbocycles. The molecule has 2 rings (SSSR count). The third kappa shape index (κ3) is 6.11. The van der Waals surface area contributed by atoms with Gasteiger partial charge in [0.05, 0.1) is 39.0 Å². The molecule has 1 aliphatic heterocycles. The van der Waals surface area contributed by atoms with Crippen molar-refractivity contribution in [1.29, 1.82) is 0 Å². The third-order valence-electron chi connectivity index (χ3n) is 3.51. The van der Waals surface area contributed by atoms with Crippen LogP contribution in [0.2, 0.25) is 0 Å². The summed E-state index contributed by atoms with van der Waals surface area (Å²) >= 11 is 0. The standard InChI is InChI=1S/C17H21NO6/c1-13-4-2-3-5-14(13)11-22-12-15-10-18(8-9-23-15)24-17(21)7-6-16(19)20/h2-7,15H,8-12H2,1H3,(H,19,20)/b7-6-. The van der Waals surface area contributed by atoms with Gasteiger partial charge in [-0.2, -0.15) is 0 Å². The van der Waals surface area contributed by atoms with E-state index >= 15 is 0 Å². The predicted octanol–water partition coefficient (Wildman–Crippen LogP) is 1.31. The van der Waals surface area contributed by atoms with Gasteiger partial charge in [-0.3, -0.25) is 0 Å². The van der Waals surface area contributed by atoms with Gasteiger partial charge >= 0.3 is 11.9 Å². The van der Waals surface area contributed by atoms with Crippen molar-refractivity contribution in [2.75, 3.05) is 26.3 Å². The van der Waals surface area contributed by atoms with Crippen molar-refractivity contribution < 1.29 is 29.0 Å². The quantitative estimate of drug-likeness (QED) is 0.752. The van der Waals surface area contributed by atoms with Gasteiger partial charge in [0.2, 0.25) is 0 Å². The largest absolute Gasteiger partial charge is 0.478 e. The number of hydrogen-bond acceptors (Lipinski definition) is 6. The first kappa shape index (κ1) is 18.1. The van der Waals surface area contributed by atoms with Gasteiger partial charge in [0.1, 0.15) is 0 Å². The van der Waals surface area contributed by atoms with E-state index in [0.717, 1.165) is 17.7 Å². The summed E-state index contributed by atoms with van der Waals surface area (Å²) in [5.74, 6) is -1.92. The van der Waals surface area contributed by atoms with Crippen molar-refractivity contribution >= 4 is 11.9 Å². The molecular formula is C17H21NO6. The fraction of sp³-hybridized carbons (Fsp3) is 0.412. The van der Waals surface area contributed by atoms with Crippen molar-refractivity contribution in [1.82, 2.24) is 5.06 Å². The Morgan fingerprint density at radius 2 is 2.17 bits per heavy atom. The van der Waals surface area contributed by atoms with Crippen molar-refractivity contribution in [2.24, 2.45) is 0 Å². The first-order valence-electron chi connectivity index (χ1n) is 7.66. The second kappa shape index (κ2) is 9.17. The molecule has 1 heterocycles. The van der Waals surface area contributed by atoms with Gasteiger partial charge in [0, 0.05) is 12.2 Å². The number of carbonyl (C=O) groups excluding carboxylic acids is 1. The Bertz CT molecular complexity index is 600. The van der Waals surface area contributed by atoms with Crippen molar-refractivity contribution in [2.45, 2.75) is 19.6 Å². The zero-order chi connectivity index (χ0) is 17.4. The number of ether oxygens (including phenoxy) is 2. The number of hydrogen-bond donors (Lipinski definition) is 1. The molecule has 1 fully saturated rings. The van der Waals surface area contributed by atoms with Crippen molar-refractivity contribution in [3.05, 3.63) is 47.5 Å². The summed E-state index contributed by atoms with van der Waals surface area (Å²) in [5.41, 5.74) is 2.29. The number of aliphatic carboxylic acids is 1. The van der Waals surface area contributed by atoms with Crippen LogP contribution >= 0.6 is 0 Å². The van der Waals surface area contributed by atoms with Crippen LogP contribution in [-0.2, 0) is 30.5 Å². The number of nitrogens with zero attached hydrogens (tertiary/aromatic N) is 1. The summed E-state index contributed by atoms with van der Waals surface area (Å²) in [6.45, 7) is 4.12. The highest BCUT2D eigenvalue weighted by molar-refractivity contribution is 5.90. The Hall–Kier alpha value is -2.22. The molecule has 1 N–H and O–H groups in total. The lowest BCUT2D eigenvalue weighted by molar-refractivity contribution is -0.214. The summed E-state index contributed by atoms with van der Waals surface area (Å²) in [6.07, 6.45) is 1.41. The summed E-state index contributed by atoms with van der Waals surface area (Å²) < 4.78 is 11.3. The van der Waals surface area contributed by atoms with E-state index in [2.05, 4.69) is 0 Å². The fourth-order valence-corrected chi connectivity index (χ4v) is 2.25. The number of hydroxylamine groups is 2. The third-order valence-corrected chi connectivity index (χ3v) is 3.51. The van der Waals surface area contributed by atoms with Crippen LogP contribution in [0.15, 0.2) is 36.4 Å². The van der Waals surface area contributed by atoms with Gasteiger partial charge in [-0.05, 0) is 18.1 Å². The van der Waals surface area contributed by atoms with Gasteiger partial charge in [-0.1, -0.05) is 24.3 Å². The molecule has 0 spiro atoms. The number of carboxylic acids is 1. The molecule has 1 atom stereocenters. The number of carbonyl (C=O) groups is 2. The number of rotatable bonds is 7. The molecule has 1 aliphatic rings. The van der Waals surface area contributed by atoms with E-state index in [1.807, 2.05) is 31.2 Å². The minimum atomic E-state index is -1.20. The number of morpholine rings is 1. The summed E-state index contributed by atoms with van der Waals surface area (Å²) in [6, 6.07) is 7.99.